The van der Waals surface area contributed by atoms with Gasteiger partial charge in [-0.15, -0.1) is 5.10 Å². The minimum Gasteiger partial charge on any atom is -0.350 e. The van der Waals surface area contributed by atoms with E-state index in [2.05, 4.69) is 30.8 Å². The first-order valence-corrected chi connectivity index (χ1v) is 13.5. The maximum absolute atomic E-state index is 15.3. The summed E-state index contributed by atoms with van der Waals surface area (Å²) in [7, 11) is 0. The van der Waals surface area contributed by atoms with Gasteiger partial charge in [-0.2, -0.15) is 9.07 Å². The molecule has 6 rings (SSSR count). The Morgan fingerprint density at radius 2 is 1.95 bits per heavy atom. The standard InChI is InChI=1S/C28H25ClF2N8O2/c1-14(33-15(2)40)16-3-5-17(6-4-16)26-27(31)35-28(34-26)22-9-7-19-11-18(12-23(41)39(19)22)24-21(38-13-32-36-37-38)10-8-20(29)25(24)30/h3-6,8,10,12-14,19,22H,7,9,11H2,1-2H3,(H,33,40)(H,34,35)/t14-,19?,22+/m1/s1. The number of aromatic amines is 1. The molecule has 2 aliphatic rings. The first kappa shape index (κ1) is 26.8. The summed E-state index contributed by atoms with van der Waals surface area (Å²) in [6, 6.07) is 9.25. The van der Waals surface area contributed by atoms with Gasteiger partial charge in [-0.05, 0) is 59.9 Å². The molecule has 1 saturated heterocycles. The summed E-state index contributed by atoms with van der Waals surface area (Å²) in [5.41, 5.74) is 2.62. The van der Waals surface area contributed by atoms with Crippen molar-refractivity contribution in [3.63, 3.8) is 0 Å². The Hall–Kier alpha value is -4.45. The average Bonchev–Trinajstić information content (AvgIpc) is 3.70. The predicted molar refractivity (Wildman–Crippen MR) is 146 cm³/mol. The van der Waals surface area contributed by atoms with Crippen molar-refractivity contribution in [3.05, 3.63) is 82.5 Å². The molecule has 2 N–H and O–H groups in total. The molecule has 2 aromatic heterocycles. The van der Waals surface area contributed by atoms with Crippen LogP contribution in [0.4, 0.5) is 8.78 Å². The number of H-pyrrole nitrogens is 1. The van der Waals surface area contributed by atoms with Gasteiger partial charge in [0.25, 0.3) is 0 Å². The maximum atomic E-state index is 15.3. The number of nitrogens with zero attached hydrogens (tertiary/aromatic N) is 6. The van der Waals surface area contributed by atoms with Gasteiger partial charge in [0.1, 0.15) is 17.8 Å². The summed E-state index contributed by atoms with van der Waals surface area (Å²) in [6.07, 6.45) is 4.30. The normalized spacial score (nSPS) is 19.2. The van der Waals surface area contributed by atoms with E-state index in [4.69, 9.17) is 11.6 Å². The molecule has 4 aromatic rings. The molecule has 2 amide bonds. The fraction of sp³-hybridized carbons (Fsp3) is 0.286. The summed E-state index contributed by atoms with van der Waals surface area (Å²) in [5.74, 6) is -1.37. The molecule has 0 radical (unpaired) electrons. The maximum Gasteiger partial charge on any atom is 0.247 e. The molecule has 2 aromatic carbocycles. The molecule has 0 spiro atoms. The van der Waals surface area contributed by atoms with Crippen LogP contribution in [0, 0.1) is 11.8 Å². The van der Waals surface area contributed by atoms with Crippen LogP contribution in [0.3, 0.4) is 0 Å². The number of tetrazole rings is 1. The van der Waals surface area contributed by atoms with Crippen LogP contribution in [0.25, 0.3) is 22.5 Å². The van der Waals surface area contributed by atoms with E-state index in [1.54, 1.807) is 23.1 Å². The van der Waals surface area contributed by atoms with Gasteiger partial charge in [0.15, 0.2) is 5.82 Å². The van der Waals surface area contributed by atoms with Gasteiger partial charge in [0.2, 0.25) is 17.8 Å². The Kier molecular flexibility index (Phi) is 6.86. The van der Waals surface area contributed by atoms with Gasteiger partial charge in [-0.3, -0.25) is 9.59 Å². The molecule has 4 heterocycles. The van der Waals surface area contributed by atoms with Crippen LogP contribution >= 0.6 is 11.6 Å². The van der Waals surface area contributed by atoms with Crippen LogP contribution in [-0.4, -0.2) is 52.9 Å². The first-order valence-electron chi connectivity index (χ1n) is 13.1. The van der Waals surface area contributed by atoms with E-state index in [1.807, 2.05) is 19.1 Å². The molecular formula is C28H25ClF2N8O2. The summed E-state index contributed by atoms with van der Waals surface area (Å²) in [6.45, 7) is 3.31. The highest BCUT2D eigenvalue weighted by atomic mass is 35.5. The zero-order valence-corrected chi connectivity index (χ0v) is 22.9. The highest BCUT2D eigenvalue weighted by Gasteiger charge is 2.42. The largest absolute Gasteiger partial charge is 0.350 e. The number of amides is 2. The lowest BCUT2D eigenvalue weighted by Crippen LogP contribution is -2.39. The fourth-order valence-corrected chi connectivity index (χ4v) is 5.90. The zero-order chi connectivity index (χ0) is 28.8. The number of aromatic nitrogens is 6. The number of imidazole rings is 1. The minimum absolute atomic E-state index is 0.0758. The molecule has 10 nitrogen and oxygen atoms in total. The van der Waals surface area contributed by atoms with Crippen molar-refractivity contribution in [1.82, 2.24) is 40.4 Å². The third-order valence-corrected chi connectivity index (χ3v) is 7.89. The van der Waals surface area contributed by atoms with Gasteiger partial charge in [-0.25, -0.2) is 9.37 Å². The number of hydrogen-bond donors (Lipinski definition) is 2. The number of nitrogens with one attached hydrogen (secondary N) is 2. The third-order valence-electron chi connectivity index (χ3n) is 7.60. The molecule has 0 saturated carbocycles. The van der Waals surface area contributed by atoms with Crippen molar-refractivity contribution in [2.45, 2.75) is 51.2 Å². The molecule has 41 heavy (non-hydrogen) atoms. The molecule has 1 unspecified atom stereocenters. The molecule has 13 heteroatoms. The fourth-order valence-electron chi connectivity index (χ4n) is 5.74. The van der Waals surface area contributed by atoms with Crippen molar-refractivity contribution in [2.75, 3.05) is 0 Å². The van der Waals surface area contributed by atoms with Crippen molar-refractivity contribution >= 4 is 29.0 Å². The number of hydrogen-bond acceptors (Lipinski definition) is 6. The Morgan fingerprint density at radius 3 is 2.66 bits per heavy atom. The van der Waals surface area contributed by atoms with E-state index < -0.39 is 17.8 Å². The van der Waals surface area contributed by atoms with Gasteiger partial charge in [0, 0.05) is 30.2 Å². The van der Waals surface area contributed by atoms with Gasteiger partial charge >= 0.3 is 0 Å². The first-order chi connectivity index (χ1) is 19.7. The van der Waals surface area contributed by atoms with Crippen LogP contribution in [0.2, 0.25) is 5.02 Å². The predicted octanol–water partition coefficient (Wildman–Crippen LogP) is 4.70. The van der Waals surface area contributed by atoms with E-state index in [9.17, 15) is 9.59 Å². The third kappa shape index (κ3) is 4.88. The van der Waals surface area contributed by atoms with Crippen LogP contribution in [0.15, 0.2) is 48.8 Å². The van der Waals surface area contributed by atoms with E-state index in [1.165, 1.54) is 30.1 Å². The van der Waals surface area contributed by atoms with E-state index in [-0.39, 0.29) is 40.2 Å². The highest BCUT2D eigenvalue weighted by molar-refractivity contribution is 6.31. The number of rotatable bonds is 6. The zero-order valence-electron chi connectivity index (χ0n) is 22.1. The smallest absolute Gasteiger partial charge is 0.247 e. The lowest BCUT2D eigenvalue weighted by Gasteiger charge is -2.33. The van der Waals surface area contributed by atoms with Crippen molar-refractivity contribution in [2.24, 2.45) is 0 Å². The van der Waals surface area contributed by atoms with Crippen molar-refractivity contribution < 1.29 is 18.4 Å². The molecule has 2 aliphatic heterocycles. The molecule has 0 aliphatic carbocycles. The molecule has 3 atom stereocenters. The van der Waals surface area contributed by atoms with Gasteiger partial charge in [0.05, 0.1) is 22.8 Å². The van der Waals surface area contributed by atoms with Gasteiger partial charge < -0.3 is 15.2 Å². The number of carbonyl (C=O) groups excluding carboxylic acids is 2. The second kappa shape index (κ2) is 10.5. The van der Waals surface area contributed by atoms with Crippen molar-refractivity contribution in [1.29, 1.82) is 0 Å². The minimum atomic E-state index is -0.656. The SMILES string of the molecule is CC(=O)N[C@H](C)c1ccc(-c2nc([C@@H]3CCC4CC(c5c(-n6cnnn6)ccc(Cl)c5F)=CC(=O)N43)[nH]c2F)cc1. The van der Waals surface area contributed by atoms with E-state index in [0.29, 0.717) is 41.9 Å². The number of carbonyl (C=O) groups is 2. The van der Waals surface area contributed by atoms with Crippen LogP contribution in [0.5, 0.6) is 0 Å². The summed E-state index contributed by atoms with van der Waals surface area (Å²) in [5, 5.41) is 13.9. The molecular weight excluding hydrogens is 554 g/mol. The second-order valence-electron chi connectivity index (χ2n) is 10.2. The van der Waals surface area contributed by atoms with Crippen LogP contribution in [0.1, 0.15) is 62.1 Å². The number of fused-ring (bicyclic) bond motifs is 1. The Labute approximate surface area is 238 Å². The van der Waals surface area contributed by atoms with E-state index in [0.717, 1.165) is 5.56 Å². The summed E-state index contributed by atoms with van der Waals surface area (Å²) >= 11 is 6.11. The quantitative estimate of drug-likeness (QED) is 0.342. The van der Waals surface area contributed by atoms with Crippen molar-refractivity contribution in [3.8, 4) is 16.9 Å². The Bertz CT molecular complexity index is 1670. The highest BCUT2D eigenvalue weighted by Crippen LogP contribution is 2.44. The Balaban J connectivity index is 1.27. The van der Waals surface area contributed by atoms with Crippen LogP contribution < -0.4 is 5.32 Å². The topological polar surface area (TPSA) is 122 Å². The average molecular weight is 579 g/mol. The lowest BCUT2D eigenvalue weighted by atomic mass is 9.92. The van der Waals surface area contributed by atoms with Gasteiger partial charge in [-0.1, -0.05) is 35.9 Å². The Morgan fingerprint density at radius 1 is 1.17 bits per heavy atom. The number of benzene rings is 2. The van der Waals surface area contributed by atoms with Crippen LogP contribution in [-0.2, 0) is 9.59 Å². The number of halogens is 3. The summed E-state index contributed by atoms with van der Waals surface area (Å²) < 4.78 is 31.7. The monoisotopic (exact) mass is 578 g/mol. The molecule has 210 valence electrons. The molecule has 0 bridgehead atoms. The molecule has 1 fully saturated rings. The second-order valence-corrected chi connectivity index (χ2v) is 10.6. The van der Waals surface area contributed by atoms with E-state index >= 15 is 8.78 Å². The summed E-state index contributed by atoms with van der Waals surface area (Å²) in [4.78, 5) is 33.8. The lowest BCUT2D eigenvalue weighted by molar-refractivity contribution is -0.129.